The van der Waals surface area contributed by atoms with Crippen molar-refractivity contribution in [3.05, 3.63) is 29.2 Å². The number of hydrogen-bond acceptors (Lipinski definition) is 3. The molecule has 2 aliphatic rings. The van der Waals surface area contributed by atoms with Crippen LogP contribution in [-0.2, 0) is 6.42 Å². The number of hydrogen-bond donors (Lipinski definition) is 0. The van der Waals surface area contributed by atoms with Gasteiger partial charge in [-0.05, 0) is 37.2 Å². The van der Waals surface area contributed by atoms with E-state index in [1.807, 2.05) is 15.5 Å². The molecule has 0 bridgehead atoms. The van der Waals surface area contributed by atoms with Crippen LogP contribution in [0.1, 0.15) is 99.4 Å². The lowest BCUT2D eigenvalue weighted by Gasteiger charge is -2.21. The van der Waals surface area contributed by atoms with E-state index in [0.717, 1.165) is 55.3 Å². The summed E-state index contributed by atoms with van der Waals surface area (Å²) in [6, 6.07) is 4.13. The molecule has 0 atom stereocenters. The van der Waals surface area contributed by atoms with Gasteiger partial charge in [0.2, 0.25) is 0 Å². The van der Waals surface area contributed by atoms with Crippen molar-refractivity contribution in [2.75, 3.05) is 13.1 Å². The van der Waals surface area contributed by atoms with E-state index < -0.39 is 0 Å². The van der Waals surface area contributed by atoms with Crippen molar-refractivity contribution >= 4 is 11.6 Å². The fraction of sp³-hybridized carbons (Fsp3) is 0.696. The Kier molecular flexibility index (Phi) is 5.98. The molecule has 3 heterocycles. The molecule has 0 unspecified atom stereocenters. The van der Waals surface area contributed by atoms with E-state index in [9.17, 15) is 4.79 Å². The molecule has 1 aliphatic heterocycles. The Bertz CT molecular complexity index is 811. The van der Waals surface area contributed by atoms with Gasteiger partial charge in [0.05, 0.1) is 0 Å². The monoisotopic (exact) mass is 382 g/mol. The van der Waals surface area contributed by atoms with Crippen LogP contribution >= 0.6 is 0 Å². The Morgan fingerprint density at radius 2 is 1.71 bits per heavy atom. The van der Waals surface area contributed by atoms with E-state index in [4.69, 9.17) is 10.1 Å². The second-order valence-corrected chi connectivity index (χ2v) is 9.04. The van der Waals surface area contributed by atoms with Gasteiger partial charge in [0.15, 0.2) is 11.3 Å². The minimum Gasteiger partial charge on any atom is -0.337 e. The van der Waals surface area contributed by atoms with E-state index in [1.54, 1.807) is 0 Å². The molecule has 0 aromatic carbocycles. The van der Waals surface area contributed by atoms with Gasteiger partial charge in [0.1, 0.15) is 0 Å². The maximum Gasteiger partial charge on any atom is 0.274 e. The third-order valence-electron chi connectivity index (χ3n) is 6.43. The molecule has 2 aromatic heterocycles. The predicted octanol–water partition coefficient (Wildman–Crippen LogP) is 4.99. The highest BCUT2D eigenvalue weighted by Gasteiger charge is 2.22. The molecule has 2 fully saturated rings. The molecule has 1 amide bonds. The Balaban J connectivity index is 1.63. The summed E-state index contributed by atoms with van der Waals surface area (Å²) in [7, 11) is 0. The van der Waals surface area contributed by atoms with Gasteiger partial charge in [-0.25, -0.2) is 9.50 Å². The highest BCUT2D eigenvalue weighted by atomic mass is 16.2. The summed E-state index contributed by atoms with van der Waals surface area (Å²) in [6.07, 6.45) is 12.4. The molecule has 0 spiro atoms. The molecule has 4 rings (SSSR count). The first-order valence-corrected chi connectivity index (χ1v) is 11.3. The van der Waals surface area contributed by atoms with Crippen molar-refractivity contribution < 1.29 is 4.79 Å². The minimum absolute atomic E-state index is 0.0657. The molecule has 1 aliphatic carbocycles. The summed E-state index contributed by atoms with van der Waals surface area (Å²) >= 11 is 0. The smallest absolute Gasteiger partial charge is 0.274 e. The standard InChI is InChI=1S/C23H34N4O/c1-17(2)21-15-19(14-18-10-6-5-7-11-18)24-22-16-20(25-27(21)22)23(28)26-12-8-3-4-9-13-26/h15-18H,3-14H2,1-2H3. The summed E-state index contributed by atoms with van der Waals surface area (Å²) in [4.78, 5) is 19.9. The third kappa shape index (κ3) is 4.23. The Morgan fingerprint density at radius 1 is 1.04 bits per heavy atom. The van der Waals surface area contributed by atoms with Crippen LogP contribution < -0.4 is 0 Å². The van der Waals surface area contributed by atoms with Crippen molar-refractivity contribution in [2.45, 2.75) is 84.0 Å². The number of aromatic nitrogens is 3. The van der Waals surface area contributed by atoms with Crippen LogP contribution in [0.3, 0.4) is 0 Å². The van der Waals surface area contributed by atoms with Crippen molar-refractivity contribution in [3.63, 3.8) is 0 Å². The zero-order valence-corrected chi connectivity index (χ0v) is 17.5. The predicted molar refractivity (Wildman–Crippen MR) is 112 cm³/mol. The van der Waals surface area contributed by atoms with Crippen LogP contribution in [-0.4, -0.2) is 38.5 Å². The third-order valence-corrected chi connectivity index (χ3v) is 6.43. The van der Waals surface area contributed by atoms with Crippen molar-refractivity contribution in [1.82, 2.24) is 19.5 Å². The Hall–Kier alpha value is -1.91. The van der Waals surface area contributed by atoms with E-state index in [-0.39, 0.29) is 5.91 Å². The molecule has 28 heavy (non-hydrogen) atoms. The van der Waals surface area contributed by atoms with Gasteiger partial charge < -0.3 is 4.90 Å². The van der Waals surface area contributed by atoms with Crippen LogP contribution in [0.25, 0.3) is 5.65 Å². The first kappa shape index (κ1) is 19.4. The van der Waals surface area contributed by atoms with Crippen LogP contribution in [0.4, 0.5) is 0 Å². The van der Waals surface area contributed by atoms with Crippen molar-refractivity contribution in [3.8, 4) is 0 Å². The molecule has 2 aromatic rings. The SMILES string of the molecule is CC(C)c1cc(CC2CCCCC2)nc2cc(C(=O)N3CCCCCC3)nn12. The number of carbonyl (C=O) groups is 1. The maximum absolute atomic E-state index is 13.0. The number of rotatable bonds is 4. The van der Waals surface area contributed by atoms with Crippen LogP contribution in [0, 0.1) is 5.92 Å². The van der Waals surface area contributed by atoms with Crippen molar-refractivity contribution in [1.29, 1.82) is 0 Å². The lowest BCUT2D eigenvalue weighted by atomic mass is 9.86. The lowest BCUT2D eigenvalue weighted by Crippen LogP contribution is -2.32. The molecular formula is C23H34N4O. The number of amides is 1. The van der Waals surface area contributed by atoms with Gasteiger partial charge in [0, 0.05) is 30.5 Å². The largest absolute Gasteiger partial charge is 0.337 e. The fourth-order valence-corrected chi connectivity index (χ4v) is 4.80. The second-order valence-electron chi connectivity index (χ2n) is 9.04. The van der Waals surface area contributed by atoms with E-state index in [2.05, 4.69) is 19.9 Å². The second kappa shape index (κ2) is 8.62. The summed E-state index contributed by atoms with van der Waals surface area (Å²) in [5.74, 6) is 1.16. The first-order valence-electron chi connectivity index (χ1n) is 11.3. The van der Waals surface area contributed by atoms with Gasteiger partial charge >= 0.3 is 0 Å². The summed E-state index contributed by atoms with van der Waals surface area (Å²) in [5.41, 5.74) is 3.70. The lowest BCUT2D eigenvalue weighted by molar-refractivity contribution is 0.0755. The molecule has 0 N–H and O–H groups in total. The molecule has 1 saturated carbocycles. The molecule has 5 heteroatoms. The fourth-order valence-electron chi connectivity index (χ4n) is 4.80. The topological polar surface area (TPSA) is 50.5 Å². The molecular weight excluding hydrogens is 348 g/mol. The van der Waals surface area contributed by atoms with Gasteiger partial charge in [-0.1, -0.05) is 58.8 Å². The van der Waals surface area contributed by atoms with Crippen LogP contribution in [0.2, 0.25) is 0 Å². The molecule has 1 saturated heterocycles. The highest BCUT2D eigenvalue weighted by molar-refractivity contribution is 5.93. The summed E-state index contributed by atoms with van der Waals surface area (Å²) < 4.78 is 1.90. The Labute approximate surface area is 168 Å². The van der Waals surface area contributed by atoms with E-state index >= 15 is 0 Å². The highest BCUT2D eigenvalue weighted by Crippen LogP contribution is 2.28. The summed E-state index contributed by atoms with van der Waals surface area (Å²) in [6.45, 7) is 6.09. The normalized spacial score (nSPS) is 19.3. The Morgan fingerprint density at radius 3 is 2.39 bits per heavy atom. The van der Waals surface area contributed by atoms with Crippen molar-refractivity contribution in [2.24, 2.45) is 5.92 Å². The maximum atomic E-state index is 13.0. The van der Waals surface area contributed by atoms with Crippen LogP contribution in [0.5, 0.6) is 0 Å². The number of carbonyl (C=O) groups excluding carboxylic acids is 1. The number of fused-ring (bicyclic) bond motifs is 1. The zero-order chi connectivity index (χ0) is 19.5. The van der Waals surface area contributed by atoms with Gasteiger partial charge in [0.25, 0.3) is 5.91 Å². The van der Waals surface area contributed by atoms with Gasteiger partial charge in [-0.2, -0.15) is 5.10 Å². The average molecular weight is 383 g/mol. The number of nitrogens with zero attached hydrogens (tertiary/aromatic N) is 4. The molecule has 0 radical (unpaired) electrons. The quantitative estimate of drug-likeness (QED) is 0.748. The average Bonchev–Trinajstić information content (AvgIpc) is 2.93. The summed E-state index contributed by atoms with van der Waals surface area (Å²) in [5, 5.41) is 4.69. The zero-order valence-electron chi connectivity index (χ0n) is 17.5. The van der Waals surface area contributed by atoms with E-state index in [0.29, 0.717) is 11.6 Å². The van der Waals surface area contributed by atoms with Gasteiger partial charge in [-0.3, -0.25) is 4.79 Å². The van der Waals surface area contributed by atoms with Crippen LogP contribution in [0.15, 0.2) is 12.1 Å². The molecule has 152 valence electrons. The van der Waals surface area contributed by atoms with E-state index in [1.165, 1.54) is 44.9 Å². The molecule has 5 nitrogen and oxygen atoms in total. The van der Waals surface area contributed by atoms with Gasteiger partial charge in [-0.15, -0.1) is 0 Å². The number of likely N-dealkylation sites (tertiary alicyclic amines) is 1. The minimum atomic E-state index is 0.0657. The first-order chi connectivity index (χ1) is 13.6.